The molecule has 0 radical (unpaired) electrons. The van der Waals surface area contributed by atoms with Gasteiger partial charge >= 0.3 is 0 Å². The SMILES string of the molecule is CN1CCC(F)C1CC(C)(C)C. The lowest BCUT2D eigenvalue weighted by atomic mass is 9.87. The highest BCUT2D eigenvalue weighted by Crippen LogP contribution is 2.30. The molecule has 0 bridgehead atoms. The molecule has 2 atom stereocenters. The molecule has 1 saturated heterocycles. The van der Waals surface area contributed by atoms with Gasteiger partial charge in [-0.1, -0.05) is 20.8 Å². The van der Waals surface area contributed by atoms with E-state index in [0.717, 1.165) is 19.4 Å². The first-order chi connectivity index (χ1) is 5.40. The summed E-state index contributed by atoms with van der Waals surface area (Å²) in [7, 11) is 2.02. The van der Waals surface area contributed by atoms with Gasteiger partial charge in [-0.25, -0.2) is 4.39 Å². The highest BCUT2D eigenvalue weighted by Gasteiger charge is 2.34. The van der Waals surface area contributed by atoms with Crippen LogP contribution in [-0.4, -0.2) is 30.7 Å². The van der Waals surface area contributed by atoms with Crippen LogP contribution in [0.2, 0.25) is 0 Å². The number of halogens is 1. The van der Waals surface area contributed by atoms with Crippen LogP contribution >= 0.6 is 0 Å². The zero-order valence-corrected chi connectivity index (χ0v) is 8.60. The molecule has 0 saturated carbocycles. The third-order valence-corrected chi connectivity index (χ3v) is 2.56. The number of hydrogen-bond acceptors (Lipinski definition) is 1. The molecule has 0 aromatic heterocycles. The van der Waals surface area contributed by atoms with Crippen LogP contribution in [0.25, 0.3) is 0 Å². The summed E-state index contributed by atoms with van der Waals surface area (Å²) in [4.78, 5) is 2.15. The standard InChI is InChI=1S/C10H20FN/c1-10(2,3)7-9-8(11)5-6-12(9)4/h8-9H,5-7H2,1-4H3. The minimum atomic E-state index is -0.603. The molecular weight excluding hydrogens is 153 g/mol. The molecule has 1 aliphatic heterocycles. The maximum Gasteiger partial charge on any atom is 0.117 e. The summed E-state index contributed by atoms with van der Waals surface area (Å²) in [6.45, 7) is 7.44. The van der Waals surface area contributed by atoms with Crippen molar-refractivity contribution in [1.29, 1.82) is 0 Å². The van der Waals surface area contributed by atoms with Crippen LogP contribution in [0.5, 0.6) is 0 Å². The fraction of sp³-hybridized carbons (Fsp3) is 1.00. The van der Waals surface area contributed by atoms with E-state index in [2.05, 4.69) is 25.7 Å². The van der Waals surface area contributed by atoms with Crippen molar-refractivity contribution in [2.75, 3.05) is 13.6 Å². The van der Waals surface area contributed by atoms with Crippen molar-refractivity contribution in [3.63, 3.8) is 0 Å². The summed E-state index contributed by atoms with van der Waals surface area (Å²) >= 11 is 0. The van der Waals surface area contributed by atoms with Crippen molar-refractivity contribution >= 4 is 0 Å². The third kappa shape index (κ3) is 2.44. The Morgan fingerprint density at radius 3 is 2.33 bits per heavy atom. The summed E-state index contributed by atoms with van der Waals surface area (Å²) in [5, 5.41) is 0. The summed E-state index contributed by atoms with van der Waals surface area (Å²) in [5.41, 5.74) is 0.244. The zero-order chi connectivity index (χ0) is 9.35. The number of nitrogens with zero attached hydrogens (tertiary/aromatic N) is 1. The predicted octanol–water partition coefficient (Wildman–Crippen LogP) is 2.46. The van der Waals surface area contributed by atoms with Crippen molar-refractivity contribution in [2.24, 2.45) is 5.41 Å². The van der Waals surface area contributed by atoms with Crippen LogP contribution in [0.1, 0.15) is 33.6 Å². The van der Waals surface area contributed by atoms with Crippen LogP contribution in [-0.2, 0) is 0 Å². The van der Waals surface area contributed by atoms with E-state index >= 15 is 0 Å². The van der Waals surface area contributed by atoms with Gasteiger partial charge in [-0.05, 0) is 25.3 Å². The Balaban J connectivity index is 2.50. The third-order valence-electron chi connectivity index (χ3n) is 2.56. The Kier molecular flexibility index (Phi) is 2.77. The fourth-order valence-electron chi connectivity index (χ4n) is 1.87. The second kappa shape index (κ2) is 3.33. The van der Waals surface area contributed by atoms with E-state index < -0.39 is 6.17 Å². The van der Waals surface area contributed by atoms with Gasteiger partial charge in [-0.15, -0.1) is 0 Å². The van der Waals surface area contributed by atoms with Crippen LogP contribution in [0.4, 0.5) is 4.39 Å². The quantitative estimate of drug-likeness (QED) is 0.589. The first-order valence-electron chi connectivity index (χ1n) is 4.74. The molecule has 0 aromatic rings. The molecule has 1 nitrogen and oxygen atoms in total. The van der Waals surface area contributed by atoms with Crippen molar-refractivity contribution in [3.8, 4) is 0 Å². The van der Waals surface area contributed by atoms with E-state index in [4.69, 9.17) is 0 Å². The Bertz CT molecular complexity index is 140. The van der Waals surface area contributed by atoms with Crippen LogP contribution in [0.3, 0.4) is 0 Å². The summed E-state index contributed by atoms with van der Waals surface area (Å²) in [6, 6.07) is 0.157. The highest BCUT2D eigenvalue weighted by molar-refractivity contribution is 4.88. The first-order valence-corrected chi connectivity index (χ1v) is 4.74. The topological polar surface area (TPSA) is 3.24 Å². The largest absolute Gasteiger partial charge is 0.300 e. The minimum Gasteiger partial charge on any atom is -0.300 e. The Morgan fingerprint density at radius 2 is 2.00 bits per heavy atom. The van der Waals surface area contributed by atoms with E-state index in [1.54, 1.807) is 0 Å². The molecule has 0 amide bonds. The normalized spacial score (nSPS) is 32.8. The van der Waals surface area contributed by atoms with Gasteiger partial charge in [-0.3, -0.25) is 0 Å². The average molecular weight is 173 g/mol. The molecule has 0 aromatic carbocycles. The lowest BCUT2D eigenvalue weighted by Gasteiger charge is -2.28. The smallest absolute Gasteiger partial charge is 0.117 e. The number of alkyl halides is 1. The molecule has 72 valence electrons. The van der Waals surface area contributed by atoms with E-state index in [1.807, 2.05) is 7.05 Å². The van der Waals surface area contributed by atoms with Crippen molar-refractivity contribution in [3.05, 3.63) is 0 Å². The van der Waals surface area contributed by atoms with Gasteiger partial charge in [0.2, 0.25) is 0 Å². The van der Waals surface area contributed by atoms with Crippen molar-refractivity contribution in [2.45, 2.75) is 45.8 Å². The summed E-state index contributed by atoms with van der Waals surface area (Å²) in [5.74, 6) is 0. The monoisotopic (exact) mass is 173 g/mol. The zero-order valence-electron chi connectivity index (χ0n) is 8.60. The molecule has 2 heteroatoms. The second-order valence-electron chi connectivity index (χ2n) is 5.12. The summed E-state index contributed by atoms with van der Waals surface area (Å²) < 4.78 is 13.3. The molecule has 0 spiro atoms. The average Bonchev–Trinajstić information content (AvgIpc) is 2.16. The number of hydrogen-bond donors (Lipinski definition) is 0. The maximum absolute atomic E-state index is 13.3. The molecule has 12 heavy (non-hydrogen) atoms. The first kappa shape index (κ1) is 9.97. The molecular formula is C10H20FN. The van der Waals surface area contributed by atoms with Gasteiger partial charge in [-0.2, -0.15) is 0 Å². The molecule has 1 fully saturated rings. The van der Waals surface area contributed by atoms with Gasteiger partial charge in [0, 0.05) is 12.6 Å². The van der Waals surface area contributed by atoms with E-state index in [0.29, 0.717) is 0 Å². The molecule has 1 aliphatic rings. The van der Waals surface area contributed by atoms with Crippen molar-refractivity contribution in [1.82, 2.24) is 4.90 Å². The number of rotatable bonds is 1. The van der Waals surface area contributed by atoms with Gasteiger partial charge in [0.1, 0.15) is 6.17 Å². The van der Waals surface area contributed by atoms with E-state index in [9.17, 15) is 4.39 Å². The Morgan fingerprint density at radius 1 is 1.42 bits per heavy atom. The van der Waals surface area contributed by atoms with Crippen LogP contribution in [0.15, 0.2) is 0 Å². The van der Waals surface area contributed by atoms with Gasteiger partial charge in [0.25, 0.3) is 0 Å². The van der Waals surface area contributed by atoms with Gasteiger partial charge in [0.05, 0.1) is 0 Å². The van der Waals surface area contributed by atoms with Gasteiger partial charge < -0.3 is 4.90 Å². The molecule has 1 heterocycles. The second-order valence-corrected chi connectivity index (χ2v) is 5.12. The molecule has 0 N–H and O–H groups in total. The lowest BCUT2D eigenvalue weighted by molar-refractivity contribution is 0.164. The lowest BCUT2D eigenvalue weighted by Crippen LogP contribution is -2.34. The number of likely N-dealkylation sites (tertiary alicyclic amines) is 1. The highest BCUT2D eigenvalue weighted by atomic mass is 19.1. The Hall–Kier alpha value is -0.110. The van der Waals surface area contributed by atoms with Crippen LogP contribution < -0.4 is 0 Å². The maximum atomic E-state index is 13.3. The molecule has 2 unspecified atom stereocenters. The molecule has 0 aliphatic carbocycles. The minimum absolute atomic E-state index is 0.157. The predicted molar refractivity (Wildman–Crippen MR) is 50.0 cm³/mol. The van der Waals surface area contributed by atoms with Crippen molar-refractivity contribution < 1.29 is 4.39 Å². The Labute approximate surface area is 74.9 Å². The molecule has 1 rings (SSSR count). The van der Waals surface area contributed by atoms with E-state index in [-0.39, 0.29) is 11.5 Å². The van der Waals surface area contributed by atoms with Gasteiger partial charge in [0.15, 0.2) is 0 Å². The fourth-order valence-corrected chi connectivity index (χ4v) is 1.87. The summed E-state index contributed by atoms with van der Waals surface area (Å²) in [6.07, 6.45) is 1.08. The van der Waals surface area contributed by atoms with Crippen LogP contribution in [0, 0.1) is 5.41 Å². The van der Waals surface area contributed by atoms with E-state index in [1.165, 1.54) is 0 Å².